The summed E-state index contributed by atoms with van der Waals surface area (Å²) in [6.45, 7) is 3.57. The van der Waals surface area contributed by atoms with Crippen molar-refractivity contribution in [3.05, 3.63) is 24.3 Å². The molecule has 0 saturated carbocycles. The van der Waals surface area contributed by atoms with Crippen molar-refractivity contribution in [2.75, 3.05) is 33.0 Å². The molecule has 0 aliphatic rings. The van der Waals surface area contributed by atoms with Crippen LogP contribution in [0.25, 0.3) is 0 Å². The molecule has 63 heavy (non-hydrogen) atoms. The summed E-state index contributed by atoms with van der Waals surface area (Å²) in [6, 6.07) is 0. The van der Waals surface area contributed by atoms with Crippen LogP contribution in [0.2, 0.25) is 0 Å². The van der Waals surface area contributed by atoms with Crippen molar-refractivity contribution >= 4 is 13.8 Å². The van der Waals surface area contributed by atoms with Crippen molar-refractivity contribution in [1.82, 2.24) is 0 Å². The van der Waals surface area contributed by atoms with E-state index in [0.717, 1.165) is 38.5 Å². The van der Waals surface area contributed by atoms with Gasteiger partial charge in [-0.15, -0.1) is 0 Å². The van der Waals surface area contributed by atoms with Gasteiger partial charge in [-0.25, -0.2) is 4.57 Å². The van der Waals surface area contributed by atoms with E-state index in [0.29, 0.717) is 6.61 Å². The fourth-order valence-electron chi connectivity index (χ4n) is 7.80. The third kappa shape index (κ3) is 50.2. The van der Waals surface area contributed by atoms with Crippen LogP contribution in [0, 0.1) is 0 Å². The molecule has 0 aromatic rings. The van der Waals surface area contributed by atoms with E-state index in [-0.39, 0.29) is 25.6 Å². The maximum absolute atomic E-state index is 12.7. The Kier molecular flexibility index (Phi) is 49.5. The van der Waals surface area contributed by atoms with Gasteiger partial charge in [-0.05, 0) is 44.9 Å². The lowest BCUT2D eigenvalue weighted by atomic mass is 10.0. The molecule has 0 radical (unpaired) electrons. The molecule has 9 nitrogen and oxygen atoms in total. The minimum absolute atomic E-state index is 0.0539. The van der Waals surface area contributed by atoms with Gasteiger partial charge in [0.05, 0.1) is 26.4 Å². The van der Waals surface area contributed by atoms with Crippen LogP contribution in [0.1, 0.15) is 264 Å². The molecule has 0 fully saturated rings. The third-order valence-corrected chi connectivity index (χ3v) is 12.8. The van der Waals surface area contributed by atoms with Gasteiger partial charge in [0.15, 0.2) is 0 Å². The summed E-state index contributed by atoms with van der Waals surface area (Å²) in [6.07, 6.45) is 55.7. The number of hydrogen-bond donors (Lipinski definition) is 3. The number of carbonyl (C=O) groups excluding carboxylic acids is 1. The average Bonchev–Trinajstić information content (AvgIpc) is 3.28. The highest BCUT2D eigenvalue weighted by molar-refractivity contribution is 7.47. The predicted octanol–water partition coefficient (Wildman–Crippen LogP) is 15.8. The number of phosphoric acid groups is 1. The Balaban J connectivity index is 4.02. The molecule has 0 heterocycles. The first-order valence-electron chi connectivity index (χ1n) is 26.8. The Morgan fingerprint density at radius 2 is 0.857 bits per heavy atom. The molecular formula is C53H103O9P. The molecule has 0 bridgehead atoms. The molecule has 0 rings (SSSR count). The van der Waals surface area contributed by atoms with Crippen LogP contribution in [0.5, 0.6) is 0 Å². The SMILES string of the molecule is CCCCCCC/C=C\C/C=C\CCCCCCCCCCCCCC(=O)OC(COCCCCCCCCCCCCCCCCCCCCC)COP(=O)(O)OCC(O)CO. The molecular weight excluding hydrogens is 812 g/mol. The molecule has 374 valence electrons. The van der Waals surface area contributed by atoms with Crippen molar-refractivity contribution in [3.8, 4) is 0 Å². The summed E-state index contributed by atoms with van der Waals surface area (Å²) in [5.74, 6) is -0.379. The smallest absolute Gasteiger partial charge is 0.457 e. The number of unbranched alkanes of at least 4 members (excludes halogenated alkanes) is 34. The number of carbonyl (C=O) groups is 1. The largest absolute Gasteiger partial charge is 0.472 e. The zero-order valence-electron chi connectivity index (χ0n) is 41.3. The van der Waals surface area contributed by atoms with Gasteiger partial charge in [-0.3, -0.25) is 13.8 Å². The second-order valence-electron chi connectivity index (χ2n) is 18.3. The van der Waals surface area contributed by atoms with Gasteiger partial charge in [-0.2, -0.15) is 0 Å². The summed E-state index contributed by atoms with van der Waals surface area (Å²) >= 11 is 0. The first kappa shape index (κ1) is 61.9. The van der Waals surface area contributed by atoms with Gasteiger partial charge in [0.1, 0.15) is 12.2 Å². The van der Waals surface area contributed by atoms with Crippen molar-refractivity contribution < 1.29 is 43.0 Å². The molecule has 0 aromatic heterocycles. The Morgan fingerprint density at radius 3 is 1.27 bits per heavy atom. The monoisotopic (exact) mass is 915 g/mol. The van der Waals surface area contributed by atoms with E-state index in [9.17, 15) is 19.4 Å². The first-order valence-corrected chi connectivity index (χ1v) is 28.3. The number of aliphatic hydroxyl groups excluding tert-OH is 2. The molecule has 0 aliphatic carbocycles. The molecule has 0 saturated heterocycles. The van der Waals surface area contributed by atoms with Crippen molar-refractivity contribution in [2.24, 2.45) is 0 Å². The minimum atomic E-state index is -4.52. The summed E-state index contributed by atoms with van der Waals surface area (Å²) in [4.78, 5) is 22.7. The highest BCUT2D eigenvalue weighted by atomic mass is 31.2. The van der Waals surface area contributed by atoms with Crippen molar-refractivity contribution in [1.29, 1.82) is 0 Å². The number of esters is 1. The van der Waals surface area contributed by atoms with Gasteiger partial charge in [0.2, 0.25) is 0 Å². The van der Waals surface area contributed by atoms with Crippen LogP contribution < -0.4 is 0 Å². The Morgan fingerprint density at radius 1 is 0.492 bits per heavy atom. The highest BCUT2D eigenvalue weighted by Crippen LogP contribution is 2.43. The first-order chi connectivity index (χ1) is 30.8. The molecule has 0 spiro atoms. The van der Waals surface area contributed by atoms with E-state index in [4.69, 9.17) is 23.6 Å². The standard InChI is InChI=1S/C53H103O9P/c1-3-5-7-9-11-13-15-17-19-21-23-24-25-26-27-29-31-33-35-37-39-41-43-45-53(56)62-52(50-61-63(57,58)60-48-51(55)47-54)49-59-46-44-42-40-38-36-34-32-30-28-22-20-18-16-14-12-10-8-6-4-2/h15,17,21,23,51-52,54-55H,3-14,16,18-20,22,24-50H2,1-2H3,(H,57,58)/b17-15-,23-21-. The second kappa shape index (κ2) is 50.4. The van der Waals surface area contributed by atoms with Crippen molar-refractivity contribution in [3.63, 3.8) is 0 Å². The number of aliphatic hydroxyl groups is 2. The number of rotatable bonds is 52. The maximum Gasteiger partial charge on any atom is 0.472 e. The van der Waals surface area contributed by atoms with Crippen molar-refractivity contribution in [2.45, 2.75) is 276 Å². The third-order valence-electron chi connectivity index (χ3n) is 11.9. The maximum atomic E-state index is 12.7. The van der Waals surface area contributed by atoms with E-state index in [1.807, 2.05) is 0 Å². The van der Waals surface area contributed by atoms with Crippen LogP contribution in [0.4, 0.5) is 0 Å². The molecule has 10 heteroatoms. The molecule has 3 N–H and O–H groups in total. The molecule has 3 unspecified atom stereocenters. The van der Waals surface area contributed by atoms with Crippen LogP contribution in [-0.2, 0) is 27.9 Å². The van der Waals surface area contributed by atoms with Gasteiger partial charge >= 0.3 is 13.8 Å². The quantitative estimate of drug-likeness (QED) is 0.0236. The van der Waals surface area contributed by atoms with Crippen LogP contribution in [-0.4, -0.2) is 66.3 Å². The van der Waals surface area contributed by atoms with Gasteiger partial charge in [0.25, 0.3) is 0 Å². The topological polar surface area (TPSA) is 132 Å². The summed E-state index contributed by atoms with van der Waals surface area (Å²) in [5, 5.41) is 18.4. The molecule has 0 amide bonds. The highest BCUT2D eigenvalue weighted by Gasteiger charge is 2.26. The number of allylic oxidation sites excluding steroid dienone is 4. The van der Waals surface area contributed by atoms with Gasteiger partial charge in [0, 0.05) is 13.0 Å². The zero-order chi connectivity index (χ0) is 46.0. The number of phosphoric ester groups is 1. The Hall–Kier alpha value is -1.06. The van der Waals surface area contributed by atoms with Crippen LogP contribution in [0.3, 0.4) is 0 Å². The van der Waals surface area contributed by atoms with E-state index in [1.54, 1.807) is 0 Å². The van der Waals surface area contributed by atoms with E-state index in [2.05, 4.69) is 38.2 Å². The lowest BCUT2D eigenvalue weighted by Crippen LogP contribution is -2.29. The number of ether oxygens (including phenoxy) is 2. The molecule has 3 atom stereocenters. The minimum Gasteiger partial charge on any atom is -0.457 e. The molecule has 0 aromatic carbocycles. The van der Waals surface area contributed by atoms with Gasteiger partial charge in [-0.1, -0.05) is 237 Å². The fourth-order valence-corrected chi connectivity index (χ4v) is 8.59. The second-order valence-corrected chi connectivity index (χ2v) is 19.7. The zero-order valence-corrected chi connectivity index (χ0v) is 42.2. The van der Waals surface area contributed by atoms with Crippen LogP contribution in [0.15, 0.2) is 24.3 Å². The fraction of sp³-hybridized carbons (Fsp3) is 0.906. The Labute approximate surface area is 389 Å². The van der Waals surface area contributed by atoms with E-state index in [1.165, 1.54) is 205 Å². The Bertz CT molecular complexity index is 1040. The average molecular weight is 915 g/mol. The lowest BCUT2D eigenvalue weighted by molar-refractivity contribution is -0.154. The molecule has 0 aliphatic heterocycles. The van der Waals surface area contributed by atoms with Crippen LogP contribution >= 0.6 is 7.82 Å². The summed E-state index contributed by atoms with van der Waals surface area (Å²) in [7, 11) is -4.52. The normalized spacial score (nSPS) is 13.9. The van der Waals surface area contributed by atoms with Gasteiger partial charge < -0.3 is 24.6 Å². The van der Waals surface area contributed by atoms with E-state index >= 15 is 0 Å². The van der Waals surface area contributed by atoms with E-state index < -0.39 is 33.2 Å². The lowest BCUT2D eigenvalue weighted by Gasteiger charge is -2.20. The predicted molar refractivity (Wildman–Crippen MR) is 265 cm³/mol. The number of hydrogen-bond acceptors (Lipinski definition) is 8. The summed E-state index contributed by atoms with van der Waals surface area (Å²) in [5.41, 5.74) is 0. The summed E-state index contributed by atoms with van der Waals surface area (Å²) < 4.78 is 33.6.